The minimum Gasteiger partial charge on any atom is -0.316 e. The van der Waals surface area contributed by atoms with E-state index in [1.54, 1.807) is 0 Å². The quantitative estimate of drug-likeness (QED) is 0.650. The summed E-state index contributed by atoms with van der Waals surface area (Å²) in [7, 11) is 1.84. The van der Waals surface area contributed by atoms with Crippen LogP contribution >= 0.6 is 11.6 Å². The normalized spacial score (nSPS) is 12.8. The molecule has 0 fully saturated rings. The molecule has 0 radical (unpaired) electrons. The molecule has 6 heteroatoms. The summed E-state index contributed by atoms with van der Waals surface area (Å²) in [5.74, 6) is 0.372. The second-order valence-electron chi connectivity index (χ2n) is 4.22. The predicted octanol–water partition coefficient (Wildman–Crippen LogP) is 2.43. The maximum atomic E-state index is 10.9. The Kier molecular flexibility index (Phi) is 4.84. The average Bonchev–Trinajstić information content (AvgIpc) is 2.26. The van der Waals surface area contributed by atoms with Crippen LogP contribution in [0.2, 0.25) is 5.02 Å². The molecular formula is C11H16ClN3O2. The van der Waals surface area contributed by atoms with Gasteiger partial charge in [-0.2, -0.15) is 0 Å². The first-order valence-corrected chi connectivity index (χ1v) is 5.79. The standard InChI is InChI=1S/C11H16ClN3O2/c1-7(2)9(13-3)5-10-11(15(16)17)4-8(12)6-14-10/h4,6-7,9,13H,5H2,1-3H3. The van der Waals surface area contributed by atoms with Gasteiger partial charge >= 0.3 is 0 Å². The van der Waals surface area contributed by atoms with Crippen LogP contribution in [0.3, 0.4) is 0 Å². The first kappa shape index (κ1) is 13.9. The summed E-state index contributed by atoms with van der Waals surface area (Å²) in [5.41, 5.74) is 0.450. The van der Waals surface area contributed by atoms with Crippen molar-refractivity contribution in [2.45, 2.75) is 26.3 Å². The molecule has 0 aromatic carbocycles. The van der Waals surface area contributed by atoms with Crippen molar-refractivity contribution in [2.75, 3.05) is 7.05 Å². The number of pyridine rings is 1. The number of nitro groups is 1. The van der Waals surface area contributed by atoms with Gasteiger partial charge in [-0.25, -0.2) is 0 Å². The molecule has 1 atom stereocenters. The third-order valence-electron chi connectivity index (χ3n) is 2.70. The number of nitrogens with one attached hydrogen (secondary N) is 1. The molecule has 0 spiro atoms. The lowest BCUT2D eigenvalue weighted by atomic mass is 9.98. The number of hydrogen-bond acceptors (Lipinski definition) is 4. The molecule has 1 rings (SSSR count). The molecule has 0 amide bonds. The summed E-state index contributed by atoms with van der Waals surface area (Å²) >= 11 is 5.71. The van der Waals surface area contributed by atoms with E-state index in [0.29, 0.717) is 18.0 Å². The van der Waals surface area contributed by atoms with Gasteiger partial charge in [-0.3, -0.25) is 15.1 Å². The number of aromatic nitrogens is 1. The molecule has 0 aliphatic heterocycles. The molecule has 17 heavy (non-hydrogen) atoms. The van der Waals surface area contributed by atoms with Crippen LogP contribution in [0.4, 0.5) is 5.69 Å². The zero-order valence-corrected chi connectivity index (χ0v) is 10.9. The van der Waals surface area contributed by atoms with Crippen molar-refractivity contribution >= 4 is 17.3 Å². The van der Waals surface area contributed by atoms with Crippen molar-refractivity contribution in [3.05, 3.63) is 33.1 Å². The Morgan fingerprint density at radius 1 is 1.59 bits per heavy atom. The third-order valence-corrected chi connectivity index (χ3v) is 2.91. The second kappa shape index (κ2) is 5.93. The highest BCUT2D eigenvalue weighted by Crippen LogP contribution is 2.23. The minimum absolute atomic E-state index is 0.0154. The van der Waals surface area contributed by atoms with Gasteiger partial charge in [0.05, 0.1) is 9.95 Å². The van der Waals surface area contributed by atoms with Crippen molar-refractivity contribution in [2.24, 2.45) is 5.92 Å². The molecule has 1 N–H and O–H groups in total. The molecular weight excluding hydrogens is 242 g/mol. The highest BCUT2D eigenvalue weighted by Gasteiger charge is 2.20. The number of hydrogen-bond donors (Lipinski definition) is 1. The smallest absolute Gasteiger partial charge is 0.292 e. The minimum atomic E-state index is -0.443. The molecule has 1 heterocycles. The molecule has 5 nitrogen and oxygen atoms in total. The van der Waals surface area contributed by atoms with Crippen LogP contribution in [0, 0.1) is 16.0 Å². The van der Waals surface area contributed by atoms with Gasteiger partial charge in [0.15, 0.2) is 0 Å². The Balaban J connectivity index is 3.01. The molecule has 0 aliphatic carbocycles. The lowest BCUT2D eigenvalue weighted by molar-refractivity contribution is -0.386. The monoisotopic (exact) mass is 257 g/mol. The zero-order chi connectivity index (χ0) is 13.0. The number of halogens is 1. The van der Waals surface area contributed by atoms with Crippen LogP contribution in [0.5, 0.6) is 0 Å². The van der Waals surface area contributed by atoms with E-state index in [-0.39, 0.29) is 16.8 Å². The van der Waals surface area contributed by atoms with E-state index in [1.165, 1.54) is 12.3 Å². The average molecular weight is 258 g/mol. The number of rotatable bonds is 5. The van der Waals surface area contributed by atoms with Crippen LogP contribution in [-0.2, 0) is 6.42 Å². The molecule has 0 saturated carbocycles. The van der Waals surface area contributed by atoms with Gasteiger partial charge in [-0.05, 0) is 13.0 Å². The fourth-order valence-electron chi connectivity index (χ4n) is 1.65. The van der Waals surface area contributed by atoms with Crippen molar-refractivity contribution in [3.63, 3.8) is 0 Å². The summed E-state index contributed by atoms with van der Waals surface area (Å²) < 4.78 is 0. The zero-order valence-electron chi connectivity index (χ0n) is 10.1. The maximum absolute atomic E-state index is 10.9. The second-order valence-corrected chi connectivity index (χ2v) is 4.66. The molecule has 0 aliphatic rings. The van der Waals surface area contributed by atoms with E-state index in [2.05, 4.69) is 24.1 Å². The van der Waals surface area contributed by atoms with Crippen LogP contribution in [0.15, 0.2) is 12.3 Å². The van der Waals surface area contributed by atoms with Crippen LogP contribution in [0.1, 0.15) is 19.5 Å². The Bertz CT molecular complexity index is 410. The summed E-state index contributed by atoms with van der Waals surface area (Å²) in [6, 6.07) is 1.50. The fourth-order valence-corrected chi connectivity index (χ4v) is 1.80. The van der Waals surface area contributed by atoms with Gasteiger partial charge in [-0.1, -0.05) is 25.4 Å². The summed E-state index contributed by atoms with van der Waals surface area (Å²) in [4.78, 5) is 14.5. The Hall–Kier alpha value is -1.20. The first-order valence-electron chi connectivity index (χ1n) is 5.41. The van der Waals surface area contributed by atoms with Gasteiger partial charge in [0.2, 0.25) is 0 Å². The Morgan fingerprint density at radius 2 is 2.24 bits per heavy atom. The summed E-state index contributed by atoms with van der Waals surface area (Å²) in [6.45, 7) is 4.12. The van der Waals surface area contributed by atoms with Gasteiger partial charge in [0, 0.05) is 24.7 Å². The summed E-state index contributed by atoms with van der Waals surface area (Å²) in [5, 5.41) is 14.3. The molecule has 1 unspecified atom stereocenters. The van der Waals surface area contributed by atoms with E-state index < -0.39 is 4.92 Å². The van der Waals surface area contributed by atoms with Gasteiger partial charge in [-0.15, -0.1) is 0 Å². The SMILES string of the molecule is CNC(Cc1ncc(Cl)cc1[N+](=O)[O-])C(C)C. The molecule has 1 aromatic rings. The molecule has 0 saturated heterocycles. The molecule has 94 valence electrons. The Labute approximate surface area is 105 Å². The van der Waals surface area contributed by atoms with Crippen molar-refractivity contribution in [3.8, 4) is 0 Å². The number of nitrogens with zero attached hydrogens (tertiary/aromatic N) is 2. The van der Waals surface area contributed by atoms with E-state index in [4.69, 9.17) is 11.6 Å². The van der Waals surface area contributed by atoms with Crippen LogP contribution in [0.25, 0.3) is 0 Å². The van der Waals surface area contributed by atoms with Gasteiger partial charge in [0.25, 0.3) is 5.69 Å². The van der Waals surface area contributed by atoms with Crippen molar-refractivity contribution in [1.29, 1.82) is 0 Å². The van der Waals surface area contributed by atoms with E-state index >= 15 is 0 Å². The highest BCUT2D eigenvalue weighted by atomic mass is 35.5. The molecule has 1 aromatic heterocycles. The van der Waals surface area contributed by atoms with Crippen molar-refractivity contribution in [1.82, 2.24) is 10.3 Å². The molecule has 0 bridgehead atoms. The largest absolute Gasteiger partial charge is 0.316 e. The lowest BCUT2D eigenvalue weighted by Gasteiger charge is -2.19. The highest BCUT2D eigenvalue weighted by molar-refractivity contribution is 6.30. The van der Waals surface area contributed by atoms with Gasteiger partial charge < -0.3 is 5.32 Å². The van der Waals surface area contributed by atoms with Crippen molar-refractivity contribution < 1.29 is 4.92 Å². The third kappa shape index (κ3) is 3.64. The van der Waals surface area contributed by atoms with E-state index in [1.807, 2.05) is 7.05 Å². The van der Waals surface area contributed by atoms with Crippen LogP contribution < -0.4 is 5.32 Å². The van der Waals surface area contributed by atoms with Gasteiger partial charge in [0.1, 0.15) is 5.69 Å². The fraction of sp³-hybridized carbons (Fsp3) is 0.545. The first-order chi connectivity index (χ1) is 7.95. The lowest BCUT2D eigenvalue weighted by Crippen LogP contribution is -2.33. The topological polar surface area (TPSA) is 68.1 Å². The maximum Gasteiger partial charge on any atom is 0.292 e. The summed E-state index contributed by atoms with van der Waals surface area (Å²) in [6.07, 6.45) is 1.96. The van der Waals surface area contributed by atoms with E-state index in [9.17, 15) is 10.1 Å². The van der Waals surface area contributed by atoms with Crippen LogP contribution in [-0.4, -0.2) is 23.0 Å². The predicted molar refractivity (Wildman–Crippen MR) is 67.3 cm³/mol. The van der Waals surface area contributed by atoms with E-state index in [0.717, 1.165) is 0 Å². The Morgan fingerprint density at radius 3 is 2.71 bits per heavy atom. The number of likely N-dealkylation sites (N-methyl/N-ethyl adjacent to an activating group) is 1.